The maximum atomic E-state index is 9.99. The Bertz CT molecular complexity index is 925. The number of benzene rings is 2. The summed E-state index contributed by atoms with van der Waals surface area (Å²) in [6.07, 6.45) is -0.670. The highest BCUT2D eigenvalue weighted by molar-refractivity contribution is 5.76. The fraction of sp³-hybridized carbons (Fsp3) is 0.263. The topological polar surface area (TPSA) is 80.3 Å². The maximum Gasteiger partial charge on any atom is 0.162 e. The van der Waals surface area contributed by atoms with Gasteiger partial charge in [0.15, 0.2) is 11.5 Å². The molecule has 1 aromatic heterocycles. The van der Waals surface area contributed by atoms with Crippen LogP contribution in [-0.2, 0) is 6.54 Å². The molecule has 0 radical (unpaired) electrons. The number of aliphatic hydroxyl groups is 1. The standard InChI is InChI=1S/C19H19N3O3/c1-13(23)19-21-15-5-3-4-6-16(15)22(19)9-10-25-17-8-7-14(12-20)11-18(17)24-2/h3-8,11,13,23H,9-10H2,1-2H3. The van der Waals surface area contributed by atoms with Gasteiger partial charge in [0.05, 0.1) is 36.3 Å². The number of nitrogens with zero attached hydrogens (tertiary/aromatic N) is 3. The minimum atomic E-state index is -0.670. The lowest BCUT2D eigenvalue weighted by Crippen LogP contribution is -2.13. The van der Waals surface area contributed by atoms with Gasteiger partial charge in [0.2, 0.25) is 0 Å². The zero-order valence-electron chi connectivity index (χ0n) is 14.1. The lowest BCUT2D eigenvalue weighted by molar-refractivity contribution is 0.181. The van der Waals surface area contributed by atoms with Gasteiger partial charge in [-0.3, -0.25) is 0 Å². The first kappa shape index (κ1) is 16.8. The van der Waals surface area contributed by atoms with Gasteiger partial charge in [0, 0.05) is 6.07 Å². The fourth-order valence-electron chi connectivity index (χ4n) is 2.75. The molecular weight excluding hydrogens is 318 g/mol. The second-order valence-corrected chi connectivity index (χ2v) is 5.61. The van der Waals surface area contributed by atoms with E-state index < -0.39 is 6.10 Å². The van der Waals surface area contributed by atoms with Crippen LogP contribution in [0.25, 0.3) is 11.0 Å². The van der Waals surface area contributed by atoms with Crippen LogP contribution in [0.2, 0.25) is 0 Å². The molecule has 3 aromatic rings. The van der Waals surface area contributed by atoms with E-state index in [-0.39, 0.29) is 0 Å². The molecule has 0 spiro atoms. The molecule has 1 heterocycles. The van der Waals surface area contributed by atoms with Crippen LogP contribution in [0.3, 0.4) is 0 Å². The number of nitriles is 1. The highest BCUT2D eigenvalue weighted by Crippen LogP contribution is 2.28. The van der Waals surface area contributed by atoms with Crippen LogP contribution in [0.1, 0.15) is 24.4 Å². The first-order valence-corrected chi connectivity index (χ1v) is 7.98. The first-order chi connectivity index (χ1) is 12.1. The second kappa shape index (κ2) is 7.24. The van der Waals surface area contributed by atoms with Crippen molar-refractivity contribution in [1.29, 1.82) is 5.26 Å². The Morgan fingerprint density at radius 2 is 2.04 bits per heavy atom. The first-order valence-electron chi connectivity index (χ1n) is 7.98. The third kappa shape index (κ3) is 3.42. The van der Waals surface area contributed by atoms with Gasteiger partial charge in [-0.05, 0) is 31.2 Å². The largest absolute Gasteiger partial charge is 0.493 e. The molecule has 0 aliphatic rings. The highest BCUT2D eigenvalue weighted by Gasteiger charge is 2.14. The van der Waals surface area contributed by atoms with Gasteiger partial charge in [-0.1, -0.05) is 12.1 Å². The minimum Gasteiger partial charge on any atom is -0.493 e. The van der Waals surface area contributed by atoms with Crippen molar-refractivity contribution in [1.82, 2.24) is 9.55 Å². The lowest BCUT2D eigenvalue weighted by atomic mass is 10.2. The molecular formula is C19H19N3O3. The van der Waals surface area contributed by atoms with Gasteiger partial charge < -0.3 is 19.1 Å². The molecule has 1 atom stereocenters. The predicted octanol–water partition coefficient (Wildman–Crippen LogP) is 3.05. The van der Waals surface area contributed by atoms with E-state index in [9.17, 15) is 5.11 Å². The van der Waals surface area contributed by atoms with E-state index in [1.54, 1.807) is 25.1 Å². The Kier molecular flexibility index (Phi) is 4.87. The zero-order chi connectivity index (χ0) is 17.8. The summed E-state index contributed by atoms with van der Waals surface area (Å²) in [5, 5.41) is 18.9. The number of hydrogen-bond donors (Lipinski definition) is 1. The minimum absolute atomic E-state index is 0.377. The summed E-state index contributed by atoms with van der Waals surface area (Å²) in [4.78, 5) is 4.49. The second-order valence-electron chi connectivity index (χ2n) is 5.61. The van der Waals surface area contributed by atoms with Crippen molar-refractivity contribution in [3.8, 4) is 17.6 Å². The molecule has 1 N–H and O–H groups in total. The fourth-order valence-corrected chi connectivity index (χ4v) is 2.75. The molecule has 0 saturated carbocycles. The molecule has 128 valence electrons. The van der Waals surface area contributed by atoms with Crippen molar-refractivity contribution in [2.24, 2.45) is 0 Å². The number of fused-ring (bicyclic) bond motifs is 1. The molecule has 0 fully saturated rings. The van der Waals surface area contributed by atoms with Crippen LogP contribution in [0.15, 0.2) is 42.5 Å². The van der Waals surface area contributed by atoms with Gasteiger partial charge in [0.1, 0.15) is 18.5 Å². The van der Waals surface area contributed by atoms with E-state index in [4.69, 9.17) is 14.7 Å². The molecule has 25 heavy (non-hydrogen) atoms. The number of para-hydroxylation sites is 2. The Morgan fingerprint density at radius 3 is 2.76 bits per heavy atom. The van der Waals surface area contributed by atoms with Gasteiger partial charge in [0.25, 0.3) is 0 Å². The third-order valence-corrected chi connectivity index (χ3v) is 3.92. The quantitative estimate of drug-likeness (QED) is 0.748. The summed E-state index contributed by atoms with van der Waals surface area (Å²) < 4.78 is 13.0. The zero-order valence-corrected chi connectivity index (χ0v) is 14.1. The average Bonchev–Trinajstić information content (AvgIpc) is 3.01. The summed E-state index contributed by atoms with van der Waals surface area (Å²) in [7, 11) is 1.54. The van der Waals surface area contributed by atoms with Crippen molar-refractivity contribution in [3.05, 3.63) is 53.9 Å². The van der Waals surface area contributed by atoms with E-state index in [1.165, 1.54) is 7.11 Å². The van der Waals surface area contributed by atoms with Crippen molar-refractivity contribution >= 4 is 11.0 Å². The van der Waals surface area contributed by atoms with Gasteiger partial charge >= 0.3 is 0 Å². The Hall–Kier alpha value is -3.04. The number of aliphatic hydroxyl groups excluding tert-OH is 1. The van der Waals surface area contributed by atoms with E-state index in [0.29, 0.717) is 36.0 Å². The number of hydrogen-bond acceptors (Lipinski definition) is 5. The Balaban J connectivity index is 1.80. The van der Waals surface area contributed by atoms with Gasteiger partial charge in [-0.15, -0.1) is 0 Å². The van der Waals surface area contributed by atoms with Crippen molar-refractivity contribution in [2.45, 2.75) is 19.6 Å². The molecule has 0 aliphatic carbocycles. The predicted molar refractivity (Wildman–Crippen MR) is 93.6 cm³/mol. The molecule has 0 aliphatic heterocycles. The summed E-state index contributed by atoms with van der Waals surface area (Å²) >= 11 is 0. The van der Waals surface area contributed by atoms with Crippen molar-refractivity contribution in [2.75, 3.05) is 13.7 Å². The van der Waals surface area contributed by atoms with Crippen LogP contribution in [0.4, 0.5) is 0 Å². The summed E-state index contributed by atoms with van der Waals surface area (Å²) in [6, 6.07) is 14.9. The Labute approximate surface area is 145 Å². The highest BCUT2D eigenvalue weighted by atomic mass is 16.5. The maximum absolute atomic E-state index is 9.99. The molecule has 0 saturated heterocycles. The lowest BCUT2D eigenvalue weighted by Gasteiger charge is -2.14. The molecule has 0 amide bonds. The van der Waals surface area contributed by atoms with Crippen LogP contribution in [0.5, 0.6) is 11.5 Å². The van der Waals surface area contributed by atoms with Crippen LogP contribution in [-0.4, -0.2) is 28.4 Å². The average molecular weight is 337 g/mol. The number of ether oxygens (including phenoxy) is 2. The Morgan fingerprint density at radius 1 is 1.24 bits per heavy atom. The van der Waals surface area contributed by atoms with E-state index >= 15 is 0 Å². The van der Waals surface area contributed by atoms with Crippen molar-refractivity contribution in [3.63, 3.8) is 0 Å². The van der Waals surface area contributed by atoms with Crippen LogP contribution in [0, 0.1) is 11.3 Å². The molecule has 6 heteroatoms. The van der Waals surface area contributed by atoms with E-state index in [2.05, 4.69) is 11.1 Å². The van der Waals surface area contributed by atoms with E-state index in [0.717, 1.165) is 11.0 Å². The molecule has 6 nitrogen and oxygen atoms in total. The summed E-state index contributed by atoms with van der Waals surface area (Å²) in [5.41, 5.74) is 2.31. The summed E-state index contributed by atoms with van der Waals surface area (Å²) in [6.45, 7) is 2.61. The summed E-state index contributed by atoms with van der Waals surface area (Å²) in [5.74, 6) is 1.70. The van der Waals surface area contributed by atoms with Gasteiger partial charge in [-0.25, -0.2) is 4.98 Å². The van der Waals surface area contributed by atoms with Crippen molar-refractivity contribution < 1.29 is 14.6 Å². The molecule has 3 rings (SSSR count). The van der Waals surface area contributed by atoms with Crippen LogP contribution >= 0.6 is 0 Å². The SMILES string of the molecule is COc1cc(C#N)ccc1OCCn1c(C(C)O)nc2ccccc21. The molecule has 1 unspecified atom stereocenters. The van der Waals surface area contributed by atoms with Crippen LogP contribution < -0.4 is 9.47 Å². The van der Waals surface area contributed by atoms with E-state index in [1.807, 2.05) is 28.8 Å². The number of imidazole rings is 1. The third-order valence-electron chi connectivity index (χ3n) is 3.92. The number of methoxy groups -OCH3 is 1. The number of rotatable bonds is 6. The molecule has 2 aromatic carbocycles. The smallest absolute Gasteiger partial charge is 0.162 e. The normalized spacial score (nSPS) is 11.9. The number of aromatic nitrogens is 2. The molecule has 0 bridgehead atoms. The monoisotopic (exact) mass is 337 g/mol. The van der Waals surface area contributed by atoms with Gasteiger partial charge in [-0.2, -0.15) is 5.26 Å².